The molecule has 2 aromatic heterocycles. The Bertz CT molecular complexity index is 2520. The van der Waals surface area contributed by atoms with Crippen molar-refractivity contribution < 1.29 is 4.74 Å². The molecule has 0 amide bonds. The monoisotopic (exact) mass is 659 g/mol. The van der Waals surface area contributed by atoms with Gasteiger partial charge in [-0.2, -0.15) is 0 Å². The molecule has 0 spiro atoms. The van der Waals surface area contributed by atoms with Gasteiger partial charge in [-0.1, -0.05) is 133 Å². The average molecular weight is 660 g/mol. The van der Waals surface area contributed by atoms with Crippen LogP contribution in [0, 0.1) is 0 Å². The Balaban J connectivity index is 0.922. The van der Waals surface area contributed by atoms with E-state index in [0.717, 1.165) is 44.9 Å². The predicted molar refractivity (Wildman–Crippen MR) is 206 cm³/mol. The Morgan fingerprint density at radius 3 is 1.28 bits per heavy atom. The molecule has 2 heterocycles. The van der Waals surface area contributed by atoms with E-state index in [1.165, 1.54) is 25.7 Å². The van der Waals surface area contributed by atoms with Gasteiger partial charge >= 0.3 is 0 Å². The van der Waals surface area contributed by atoms with Gasteiger partial charge in [-0.05, 0) is 64.7 Å². The van der Waals surface area contributed by atoms with Gasteiger partial charge in [-0.25, -0.2) is 15.0 Å². The molecule has 0 unspecified atom stereocenters. The fourth-order valence-electron chi connectivity index (χ4n) is 6.22. The number of aromatic nitrogens is 3. The normalized spacial score (nSPS) is 11.2. The van der Waals surface area contributed by atoms with E-state index in [9.17, 15) is 0 Å². The zero-order valence-corrected chi connectivity index (χ0v) is 27.7. The van der Waals surface area contributed by atoms with Crippen molar-refractivity contribution in [2.75, 3.05) is 0 Å². The highest BCUT2D eigenvalue weighted by atomic mass is 32.1. The highest BCUT2D eigenvalue weighted by Crippen LogP contribution is 2.37. The molecule has 0 radical (unpaired) electrons. The molecule has 0 aliphatic rings. The topological polar surface area (TPSA) is 47.9 Å². The first kappa shape index (κ1) is 29.7. The number of fused-ring (bicyclic) bond motifs is 3. The van der Waals surface area contributed by atoms with Gasteiger partial charge in [0, 0.05) is 36.9 Å². The number of hydrogen-bond donors (Lipinski definition) is 0. The molecule has 0 saturated carbocycles. The molecule has 0 atom stereocenters. The van der Waals surface area contributed by atoms with Crippen LogP contribution < -0.4 is 4.74 Å². The summed E-state index contributed by atoms with van der Waals surface area (Å²) < 4.78 is 8.86. The van der Waals surface area contributed by atoms with Crippen molar-refractivity contribution >= 4 is 31.5 Å². The molecule has 0 bridgehead atoms. The van der Waals surface area contributed by atoms with Crippen molar-refractivity contribution in [2.45, 2.75) is 0 Å². The zero-order valence-electron chi connectivity index (χ0n) is 26.9. The molecule has 0 saturated heterocycles. The van der Waals surface area contributed by atoms with Crippen LogP contribution in [0.3, 0.4) is 0 Å². The maximum atomic E-state index is 6.23. The Morgan fingerprint density at radius 1 is 0.320 bits per heavy atom. The second kappa shape index (κ2) is 12.9. The van der Waals surface area contributed by atoms with Crippen molar-refractivity contribution in [1.29, 1.82) is 0 Å². The minimum absolute atomic E-state index is 0.638. The van der Waals surface area contributed by atoms with Crippen LogP contribution in [-0.2, 0) is 0 Å². The average Bonchev–Trinajstić information content (AvgIpc) is 3.57. The molecular formula is C45H29N3OS. The van der Waals surface area contributed by atoms with Crippen LogP contribution in [0.15, 0.2) is 176 Å². The van der Waals surface area contributed by atoms with Crippen molar-refractivity contribution in [2.24, 2.45) is 0 Å². The van der Waals surface area contributed by atoms with E-state index >= 15 is 0 Å². The molecule has 0 fully saturated rings. The third-order valence-corrected chi connectivity index (χ3v) is 9.98. The summed E-state index contributed by atoms with van der Waals surface area (Å²) in [5.74, 6) is 3.53. The SMILES string of the molecule is c1ccc(-c2nc(-c3ccccc3)nc(-c3ccc(-c4ccc(Oc5ccc(-c6ccc7sc8ccccc8c7c6)cc5)cc4)cc3)n2)cc1. The fourth-order valence-corrected chi connectivity index (χ4v) is 7.31. The van der Waals surface area contributed by atoms with Crippen LogP contribution in [0.5, 0.6) is 11.5 Å². The lowest BCUT2D eigenvalue weighted by Gasteiger charge is -2.10. The summed E-state index contributed by atoms with van der Waals surface area (Å²) in [5, 5.41) is 2.62. The standard InChI is InChI=1S/C45H29N3OS/c1-3-9-33(10-4-1)43-46-44(34-11-5-2-6-12-34)48-45(47-43)35-17-15-30(16-18-35)31-19-24-37(25-20-31)49-38-26-21-32(22-27-38)36-23-28-42-40(29-36)39-13-7-8-14-41(39)50-42/h1-29H. The van der Waals surface area contributed by atoms with Gasteiger partial charge in [0.25, 0.3) is 0 Å². The third kappa shape index (κ3) is 5.91. The Hall–Kier alpha value is -6.43. The number of ether oxygens (including phenoxy) is 1. The van der Waals surface area contributed by atoms with Crippen LogP contribution in [0.4, 0.5) is 0 Å². The van der Waals surface area contributed by atoms with E-state index in [0.29, 0.717) is 17.5 Å². The van der Waals surface area contributed by atoms with Gasteiger partial charge in [0.15, 0.2) is 17.5 Å². The minimum Gasteiger partial charge on any atom is -0.457 e. The molecule has 9 rings (SSSR count). The number of nitrogens with zero attached hydrogens (tertiary/aromatic N) is 3. The molecule has 4 nitrogen and oxygen atoms in total. The van der Waals surface area contributed by atoms with Gasteiger partial charge in [-0.15, -0.1) is 11.3 Å². The van der Waals surface area contributed by atoms with Gasteiger partial charge in [0.05, 0.1) is 0 Å². The van der Waals surface area contributed by atoms with Crippen LogP contribution in [-0.4, -0.2) is 15.0 Å². The van der Waals surface area contributed by atoms with Gasteiger partial charge in [0.1, 0.15) is 11.5 Å². The van der Waals surface area contributed by atoms with Gasteiger partial charge < -0.3 is 4.74 Å². The lowest BCUT2D eigenvalue weighted by Crippen LogP contribution is -2.00. The largest absolute Gasteiger partial charge is 0.457 e. The Morgan fingerprint density at radius 2 is 0.720 bits per heavy atom. The predicted octanol–water partition coefficient (Wildman–Crippen LogP) is 12.4. The molecule has 9 aromatic rings. The summed E-state index contributed by atoms with van der Waals surface area (Å²) in [7, 11) is 0. The van der Waals surface area contributed by atoms with Crippen LogP contribution in [0.25, 0.3) is 76.6 Å². The minimum atomic E-state index is 0.638. The Kier molecular flexibility index (Phi) is 7.65. The summed E-state index contributed by atoms with van der Waals surface area (Å²) in [6, 6.07) is 60.2. The van der Waals surface area contributed by atoms with E-state index in [-0.39, 0.29) is 0 Å². The first-order valence-corrected chi connectivity index (χ1v) is 17.3. The number of thiophene rings is 1. The molecule has 236 valence electrons. The lowest BCUT2D eigenvalue weighted by atomic mass is 10.0. The van der Waals surface area contributed by atoms with Crippen LogP contribution in [0.2, 0.25) is 0 Å². The molecule has 0 N–H and O–H groups in total. The first-order valence-electron chi connectivity index (χ1n) is 16.5. The number of benzene rings is 7. The zero-order chi connectivity index (χ0) is 33.3. The highest BCUT2D eigenvalue weighted by molar-refractivity contribution is 7.25. The smallest absolute Gasteiger partial charge is 0.164 e. The number of hydrogen-bond acceptors (Lipinski definition) is 5. The van der Waals surface area contributed by atoms with E-state index in [4.69, 9.17) is 19.7 Å². The quantitative estimate of drug-likeness (QED) is 0.171. The molecule has 0 aliphatic heterocycles. The molecule has 5 heteroatoms. The maximum absolute atomic E-state index is 6.23. The lowest BCUT2D eigenvalue weighted by molar-refractivity contribution is 0.483. The van der Waals surface area contributed by atoms with E-state index in [2.05, 4.69) is 91.0 Å². The first-order chi connectivity index (χ1) is 24.7. The van der Waals surface area contributed by atoms with Gasteiger partial charge in [0.2, 0.25) is 0 Å². The summed E-state index contributed by atoms with van der Waals surface area (Å²) >= 11 is 1.84. The van der Waals surface area contributed by atoms with Crippen molar-refractivity contribution in [3.8, 4) is 67.9 Å². The third-order valence-electron chi connectivity index (χ3n) is 8.83. The fraction of sp³-hybridized carbons (Fsp3) is 0. The van der Waals surface area contributed by atoms with E-state index in [1.807, 2.05) is 96.3 Å². The van der Waals surface area contributed by atoms with Crippen LogP contribution in [0.1, 0.15) is 0 Å². The van der Waals surface area contributed by atoms with Crippen molar-refractivity contribution in [1.82, 2.24) is 15.0 Å². The highest BCUT2D eigenvalue weighted by Gasteiger charge is 2.13. The molecule has 50 heavy (non-hydrogen) atoms. The molecule has 7 aromatic carbocycles. The second-order valence-electron chi connectivity index (χ2n) is 12.1. The van der Waals surface area contributed by atoms with Crippen molar-refractivity contribution in [3.63, 3.8) is 0 Å². The van der Waals surface area contributed by atoms with Crippen molar-refractivity contribution in [3.05, 3.63) is 176 Å². The van der Waals surface area contributed by atoms with Crippen LogP contribution >= 0.6 is 11.3 Å². The summed E-state index contributed by atoms with van der Waals surface area (Å²) in [6.45, 7) is 0. The van der Waals surface area contributed by atoms with E-state index < -0.39 is 0 Å². The summed E-state index contributed by atoms with van der Waals surface area (Å²) in [4.78, 5) is 14.5. The maximum Gasteiger partial charge on any atom is 0.164 e. The molecular weight excluding hydrogens is 631 g/mol. The van der Waals surface area contributed by atoms with Gasteiger partial charge in [-0.3, -0.25) is 0 Å². The number of rotatable bonds is 7. The van der Waals surface area contributed by atoms with E-state index in [1.54, 1.807) is 0 Å². The second-order valence-corrected chi connectivity index (χ2v) is 13.2. The Labute approximate surface area is 294 Å². The summed E-state index contributed by atoms with van der Waals surface area (Å²) in [5.41, 5.74) is 7.39. The molecule has 0 aliphatic carbocycles. The summed E-state index contributed by atoms with van der Waals surface area (Å²) in [6.07, 6.45) is 0.